The predicted molar refractivity (Wildman–Crippen MR) is 59.3 cm³/mol. The lowest BCUT2D eigenvalue weighted by Crippen LogP contribution is -1.96. The van der Waals surface area contributed by atoms with Crippen molar-refractivity contribution in [3.05, 3.63) is 18.2 Å². The molecule has 0 spiro atoms. The molecule has 1 heterocycles. The molecule has 0 aliphatic rings. The van der Waals surface area contributed by atoms with Crippen LogP contribution in [-0.2, 0) is 23.6 Å². The Kier molecular flexibility index (Phi) is 6.19. The maximum absolute atomic E-state index is 9.19. The summed E-state index contributed by atoms with van der Waals surface area (Å²) in [6, 6.07) is 0. The van der Waals surface area contributed by atoms with E-state index in [1.54, 1.807) is 0 Å². The molecule has 1 N–H and O–H groups in total. The van der Waals surface area contributed by atoms with Crippen LogP contribution < -0.4 is 0 Å². The summed E-state index contributed by atoms with van der Waals surface area (Å²) in [5.41, 5.74) is 0. The van der Waals surface area contributed by atoms with Crippen molar-refractivity contribution in [1.82, 2.24) is 9.55 Å². The maximum Gasteiger partial charge on any atom is 0.261 e. The number of imidazole rings is 1. The van der Waals surface area contributed by atoms with Crippen LogP contribution in [0.1, 0.15) is 25.6 Å². The van der Waals surface area contributed by atoms with Crippen LogP contribution in [0, 0.1) is 0 Å². The topological polar surface area (TPSA) is 72.2 Å². The van der Waals surface area contributed by atoms with Gasteiger partial charge in [-0.05, 0) is 6.42 Å². The van der Waals surface area contributed by atoms with Crippen LogP contribution in [0.2, 0.25) is 0 Å². The van der Waals surface area contributed by atoms with Gasteiger partial charge in [0.2, 0.25) is 0 Å². The van der Waals surface area contributed by atoms with E-state index in [2.05, 4.69) is 16.5 Å². The first-order chi connectivity index (χ1) is 6.84. The van der Waals surface area contributed by atoms with E-state index in [1.165, 1.54) is 18.7 Å². The van der Waals surface area contributed by atoms with Gasteiger partial charge in [-0.15, -0.1) is 0 Å². The Morgan fingerprint density at radius 2 is 2.07 bits per heavy atom. The lowest BCUT2D eigenvalue weighted by atomic mass is 10.2. The zero-order valence-electron chi connectivity index (χ0n) is 9.34. The molecule has 15 heavy (non-hydrogen) atoms. The van der Waals surface area contributed by atoms with E-state index >= 15 is 0 Å². The Morgan fingerprint density at radius 3 is 2.40 bits per heavy atom. The fourth-order valence-electron chi connectivity index (χ4n) is 0.972. The summed E-state index contributed by atoms with van der Waals surface area (Å²) in [5, 5.41) is 0. The van der Waals surface area contributed by atoms with Gasteiger partial charge >= 0.3 is 0 Å². The molecule has 0 aliphatic carbocycles. The number of rotatable bonds is 3. The summed E-state index contributed by atoms with van der Waals surface area (Å²) in [6.45, 7) is 2.20. The normalized spacial score (nSPS) is 10.7. The van der Waals surface area contributed by atoms with Crippen LogP contribution in [-0.4, -0.2) is 28.8 Å². The molecule has 0 saturated carbocycles. The minimum Gasteiger partial charge on any atom is -0.338 e. The van der Waals surface area contributed by atoms with Gasteiger partial charge in [-0.25, -0.2) is 4.98 Å². The van der Waals surface area contributed by atoms with Crippen molar-refractivity contribution in [3.8, 4) is 0 Å². The van der Waals surface area contributed by atoms with Crippen molar-refractivity contribution >= 4 is 10.1 Å². The first-order valence-electron chi connectivity index (χ1n) is 4.73. The first-order valence-corrected chi connectivity index (χ1v) is 6.58. The van der Waals surface area contributed by atoms with Gasteiger partial charge in [0.25, 0.3) is 10.1 Å². The molecule has 5 nitrogen and oxygen atoms in total. The smallest absolute Gasteiger partial charge is 0.261 e. The highest BCUT2D eigenvalue weighted by molar-refractivity contribution is 7.85. The van der Waals surface area contributed by atoms with Crippen LogP contribution in [0.25, 0.3) is 0 Å². The lowest BCUT2D eigenvalue weighted by Gasteiger charge is -1.97. The second-order valence-corrected chi connectivity index (χ2v) is 4.76. The van der Waals surface area contributed by atoms with Crippen LogP contribution >= 0.6 is 0 Å². The quantitative estimate of drug-likeness (QED) is 0.799. The highest BCUT2D eigenvalue weighted by Crippen LogP contribution is 2.00. The van der Waals surface area contributed by atoms with Crippen molar-refractivity contribution in [1.29, 1.82) is 0 Å². The number of aromatic nitrogens is 2. The van der Waals surface area contributed by atoms with Gasteiger partial charge in [0.05, 0.1) is 6.26 Å². The third-order valence-corrected chi connectivity index (χ3v) is 1.67. The van der Waals surface area contributed by atoms with Gasteiger partial charge in [0, 0.05) is 25.9 Å². The van der Waals surface area contributed by atoms with E-state index in [1.807, 2.05) is 19.4 Å². The Balaban J connectivity index is 0.000000336. The average molecular weight is 234 g/mol. The standard InChI is InChI=1S/C8H14N2.CH4O3S/c1-3-4-5-8-9-6-7-10(8)2;1-5(2,3)4/h6-7H,3-5H2,1-2H3;1H3,(H,2,3,4). The summed E-state index contributed by atoms with van der Waals surface area (Å²) >= 11 is 0. The molecule has 0 fully saturated rings. The first kappa shape index (κ1) is 14.1. The Labute approximate surface area is 90.9 Å². The van der Waals surface area contributed by atoms with Gasteiger partial charge in [0.1, 0.15) is 5.82 Å². The monoisotopic (exact) mass is 234 g/mol. The van der Waals surface area contributed by atoms with Crippen LogP contribution in [0.3, 0.4) is 0 Å². The largest absolute Gasteiger partial charge is 0.338 e. The van der Waals surface area contributed by atoms with Gasteiger partial charge in [-0.3, -0.25) is 4.55 Å². The van der Waals surface area contributed by atoms with Crippen LogP contribution in [0.5, 0.6) is 0 Å². The van der Waals surface area contributed by atoms with E-state index in [-0.39, 0.29) is 0 Å². The minimum atomic E-state index is -3.67. The molecule has 6 heteroatoms. The second kappa shape index (κ2) is 6.58. The van der Waals surface area contributed by atoms with Gasteiger partial charge in [-0.1, -0.05) is 13.3 Å². The Hall–Kier alpha value is -0.880. The number of hydrogen-bond acceptors (Lipinski definition) is 3. The molecule has 1 aromatic heterocycles. The van der Waals surface area contributed by atoms with E-state index in [0.717, 1.165) is 6.42 Å². The van der Waals surface area contributed by atoms with E-state index in [9.17, 15) is 8.42 Å². The zero-order chi connectivity index (χ0) is 11.9. The average Bonchev–Trinajstić information content (AvgIpc) is 2.45. The van der Waals surface area contributed by atoms with Gasteiger partial charge in [0.15, 0.2) is 0 Å². The van der Waals surface area contributed by atoms with E-state index in [4.69, 9.17) is 4.55 Å². The molecule has 1 aromatic rings. The third-order valence-electron chi connectivity index (χ3n) is 1.67. The van der Waals surface area contributed by atoms with Gasteiger partial charge < -0.3 is 4.57 Å². The highest BCUT2D eigenvalue weighted by atomic mass is 32.2. The summed E-state index contributed by atoms with van der Waals surface area (Å²) < 4.78 is 27.9. The molecule has 0 radical (unpaired) electrons. The van der Waals surface area contributed by atoms with Crippen molar-refractivity contribution < 1.29 is 13.0 Å². The summed E-state index contributed by atoms with van der Waals surface area (Å²) in [5.74, 6) is 1.20. The van der Waals surface area contributed by atoms with Crippen molar-refractivity contribution in [2.45, 2.75) is 26.2 Å². The maximum atomic E-state index is 9.19. The van der Waals surface area contributed by atoms with Crippen molar-refractivity contribution in [3.63, 3.8) is 0 Å². The molecule has 1 rings (SSSR count). The molecule has 0 atom stereocenters. The lowest BCUT2D eigenvalue weighted by molar-refractivity contribution is 0.490. The SMILES string of the molecule is CCCCc1nccn1C.CS(=O)(=O)O. The fraction of sp³-hybridized carbons (Fsp3) is 0.667. The molecule has 0 aromatic carbocycles. The third kappa shape index (κ3) is 9.42. The molecule has 88 valence electrons. The zero-order valence-corrected chi connectivity index (χ0v) is 10.2. The Bertz CT molecular complexity index is 362. The molecule has 0 aliphatic heterocycles. The fourth-order valence-corrected chi connectivity index (χ4v) is 0.972. The molecular formula is C9H18N2O3S. The second-order valence-electron chi connectivity index (χ2n) is 3.29. The number of nitrogens with zero attached hydrogens (tertiary/aromatic N) is 2. The van der Waals surface area contributed by atoms with Crippen molar-refractivity contribution in [2.24, 2.45) is 7.05 Å². The molecule has 0 amide bonds. The number of aryl methyl sites for hydroxylation is 2. The Morgan fingerprint density at radius 1 is 1.53 bits per heavy atom. The molecule has 0 bridgehead atoms. The number of unbranched alkanes of at least 4 members (excludes halogenated alkanes) is 1. The van der Waals surface area contributed by atoms with Crippen LogP contribution in [0.4, 0.5) is 0 Å². The van der Waals surface area contributed by atoms with Crippen LogP contribution in [0.15, 0.2) is 12.4 Å². The van der Waals surface area contributed by atoms with Gasteiger partial charge in [-0.2, -0.15) is 8.42 Å². The minimum absolute atomic E-state index is 0.715. The summed E-state index contributed by atoms with van der Waals surface area (Å²) in [4.78, 5) is 4.22. The summed E-state index contributed by atoms with van der Waals surface area (Å²) in [6.07, 6.45) is 8.15. The highest BCUT2D eigenvalue weighted by Gasteiger charge is 1.95. The van der Waals surface area contributed by atoms with E-state index in [0.29, 0.717) is 6.26 Å². The molecular weight excluding hydrogens is 216 g/mol. The summed E-state index contributed by atoms with van der Waals surface area (Å²) in [7, 11) is -1.63. The molecule has 0 saturated heterocycles. The van der Waals surface area contributed by atoms with Crippen molar-refractivity contribution in [2.75, 3.05) is 6.26 Å². The molecule has 0 unspecified atom stereocenters. The van der Waals surface area contributed by atoms with E-state index < -0.39 is 10.1 Å². The number of hydrogen-bond donors (Lipinski definition) is 1. The predicted octanol–water partition coefficient (Wildman–Crippen LogP) is 1.27.